The molecule has 1 N–H and O–H groups in total. The number of furan rings is 1. The third-order valence-electron chi connectivity index (χ3n) is 6.49. The van der Waals surface area contributed by atoms with Crippen LogP contribution >= 0.6 is 11.8 Å². The van der Waals surface area contributed by atoms with Gasteiger partial charge in [0.1, 0.15) is 5.75 Å². The van der Waals surface area contributed by atoms with Crippen molar-refractivity contribution in [1.29, 1.82) is 0 Å². The molecule has 8 nitrogen and oxygen atoms in total. The zero-order valence-corrected chi connectivity index (χ0v) is 22.4. The summed E-state index contributed by atoms with van der Waals surface area (Å²) in [4.78, 5) is 13.0. The summed E-state index contributed by atoms with van der Waals surface area (Å²) in [6, 6.07) is 25.7. The lowest BCUT2D eigenvalue weighted by Gasteiger charge is -2.11. The minimum atomic E-state index is -0.126. The number of carbonyl (C=O) groups excluding carboxylic acids is 1. The Hall–Kier alpha value is -4.50. The molecule has 0 unspecified atom stereocenters. The number of rotatable bonds is 9. The van der Waals surface area contributed by atoms with Crippen molar-refractivity contribution >= 4 is 45.2 Å². The molecule has 0 aliphatic carbocycles. The summed E-state index contributed by atoms with van der Waals surface area (Å²) in [6.45, 7) is 5.56. The van der Waals surface area contributed by atoms with Gasteiger partial charge in [-0.3, -0.25) is 9.36 Å². The molecular weight excluding hydrogens is 510 g/mol. The number of nitrogens with zero attached hydrogens (tertiary/aromatic N) is 4. The number of benzene rings is 3. The summed E-state index contributed by atoms with van der Waals surface area (Å²) >= 11 is 1.32. The molecule has 0 fully saturated rings. The van der Waals surface area contributed by atoms with Gasteiger partial charge >= 0.3 is 0 Å². The van der Waals surface area contributed by atoms with E-state index in [-0.39, 0.29) is 11.7 Å². The van der Waals surface area contributed by atoms with Gasteiger partial charge in [0.25, 0.3) is 0 Å². The Labute approximate surface area is 229 Å². The number of para-hydroxylation sites is 1. The first-order valence-corrected chi connectivity index (χ1v) is 13.8. The van der Waals surface area contributed by atoms with Crippen molar-refractivity contribution in [3.63, 3.8) is 0 Å². The molecule has 0 spiro atoms. The fourth-order valence-corrected chi connectivity index (χ4v) is 5.57. The van der Waals surface area contributed by atoms with Crippen molar-refractivity contribution in [3.05, 3.63) is 85.1 Å². The van der Waals surface area contributed by atoms with Crippen LogP contribution in [0.4, 0.5) is 5.69 Å². The third-order valence-corrected chi connectivity index (χ3v) is 7.41. The molecule has 1 amide bonds. The summed E-state index contributed by atoms with van der Waals surface area (Å²) in [5.74, 6) is 1.97. The van der Waals surface area contributed by atoms with E-state index >= 15 is 0 Å². The SMILES string of the molecule is CCOc1ccc(-n2c(SCC(=O)Nc3ccc4c(c3)c3ccccc3n4CC)nnc2-c2ccco2)cc1. The van der Waals surface area contributed by atoms with Crippen molar-refractivity contribution in [2.75, 3.05) is 17.7 Å². The minimum Gasteiger partial charge on any atom is -0.494 e. The monoisotopic (exact) mass is 537 g/mol. The number of thioether (sulfide) groups is 1. The highest BCUT2D eigenvalue weighted by molar-refractivity contribution is 7.99. The normalized spacial score (nSPS) is 11.3. The highest BCUT2D eigenvalue weighted by Gasteiger charge is 2.19. The van der Waals surface area contributed by atoms with E-state index in [4.69, 9.17) is 9.15 Å². The number of hydrogen-bond donors (Lipinski definition) is 1. The van der Waals surface area contributed by atoms with Crippen molar-refractivity contribution in [2.24, 2.45) is 0 Å². The van der Waals surface area contributed by atoms with Crippen LogP contribution in [0.1, 0.15) is 13.8 Å². The average Bonchev–Trinajstić information content (AvgIpc) is 3.70. The first-order chi connectivity index (χ1) is 19.2. The molecular formula is C30H27N5O3S. The van der Waals surface area contributed by atoms with Crippen molar-refractivity contribution in [1.82, 2.24) is 19.3 Å². The summed E-state index contributed by atoms with van der Waals surface area (Å²) < 4.78 is 15.4. The maximum Gasteiger partial charge on any atom is 0.234 e. The molecule has 0 radical (unpaired) electrons. The van der Waals surface area contributed by atoms with Crippen molar-refractivity contribution in [2.45, 2.75) is 25.5 Å². The lowest BCUT2D eigenvalue weighted by Crippen LogP contribution is -2.14. The van der Waals surface area contributed by atoms with Gasteiger partial charge < -0.3 is 19.0 Å². The lowest BCUT2D eigenvalue weighted by molar-refractivity contribution is -0.113. The average molecular weight is 538 g/mol. The van der Waals surface area contributed by atoms with Gasteiger partial charge in [0.15, 0.2) is 10.9 Å². The second-order valence-electron chi connectivity index (χ2n) is 8.88. The number of aromatic nitrogens is 4. The minimum absolute atomic E-state index is 0.126. The molecule has 0 saturated heterocycles. The predicted octanol–water partition coefficient (Wildman–Crippen LogP) is 6.78. The molecule has 0 aliphatic rings. The number of ether oxygens (including phenoxy) is 1. The molecule has 0 saturated carbocycles. The fraction of sp³-hybridized carbons (Fsp3) is 0.167. The Morgan fingerprint density at radius 1 is 0.949 bits per heavy atom. The van der Waals surface area contributed by atoms with Crippen LogP contribution in [0, 0.1) is 0 Å². The van der Waals surface area contributed by atoms with Gasteiger partial charge in [-0.15, -0.1) is 10.2 Å². The molecule has 0 bridgehead atoms. The van der Waals surface area contributed by atoms with E-state index < -0.39 is 0 Å². The van der Waals surface area contributed by atoms with Crippen LogP contribution < -0.4 is 10.1 Å². The van der Waals surface area contributed by atoms with Gasteiger partial charge in [-0.25, -0.2) is 0 Å². The van der Waals surface area contributed by atoms with E-state index in [2.05, 4.69) is 51.3 Å². The number of amides is 1. The number of aryl methyl sites for hydroxylation is 1. The summed E-state index contributed by atoms with van der Waals surface area (Å²) in [5, 5.41) is 14.7. The summed E-state index contributed by atoms with van der Waals surface area (Å²) in [6.07, 6.45) is 1.60. The maximum absolute atomic E-state index is 13.0. The van der Waals surface area contributed by atoms with E-state index in [9.17, 15) is 4.79 Å². The van der Waals surface area contributed by atoms with Crippen LogP contribution in [-0.2, 0) is 11.3 Å². The Morgan fingerprint density at radius 2 is 1.77 bits per heavy atom. The Bertz CT molecular complexity index is 1750. The molecule has 196 valence electrons. The van der Waals surface area contributed by atoms with Gasteiger partial charge in [0, 0.05) is 34.0 Å². The van der Waals surface area contributed by atoms with E-state index in [1.807, 2.05) is 66.1 Å². The number of anilines is 1. The summed E-state index contributed by atoms with van der Waals surface area (Å²) in [7, 11) is 0. The van der Waals surface area contributed by atoms with Gasteiger partial charge in [-0.05, 0) is 74.5 Å². The van der Waals surface area contributed by atoms with Crippen LogP contribution in [0.15, 0.2) is 94.7 Å². The van der Waals surface area contributed by atoms with E-state index in [1.54, 1.807) is 6.26 Å². The van der Waals surface area contributed by atoms with Gasteiger partial charge in [0.05, 0.1) is 24.3 Å². The topological polar surface area (TPSA) is 87.1 Å². The number of nitrogens with one attached hydrogen (secondary N) is 1. The van der Waals surface area contributed by atoms with E-state index in [0.29, 0.717) is 23.3 Å². The predicted molar refractivity (Wildman–Crippen MR) is 155 cm³/mol. The standard InChI is InChI=1S/C30H27N5O3S/c1-3-34-25-9-6-5-8-23(25)24-18-20(11-16-26(24)34)31-28(36)19-39-30-33-32-29(27-10-7-17-38-27)35(30)21-12-14-22(15-13-21)37-4-2/h5-18H,3-4,19H2,1-2H3,(H,31,36). The second kappa shape index (κ2) is 10.7. The van der Waals surface area contributed by atoms with Gasteiger partial charge in [0.2, 0.25) is 11.7 Å². The molecule has 3 heterocycles. The first kappa shape index (κ1) is 24.8. The molecule has 0 atom stereocenters. The van der Waals surface area contributed by atoms with E-state index in [1.165, 1.54) is 22.7 Å². The largest absolute Gasteiger partial charge is 0.494 e. The second-order valence-corrected chi connectivity index (χ2v) is 9.82. The molecule has 3 aromatic heterocycles. The fourth-order valence-electron chi connectivity index (χ4n) is 4.82. The number of fused-ring (bicyclic) bond motifs is 3. The zero-order valence-electron chi connectivity index (χ0n) is 21.6. The van der Waals surface area contributed by atoms with Gasteiger partial charge in [-0.2, -0.15) is 0 Å². The van der Waals surface area contributed by atoms with Crippen LogP contribution in [0.5, 0.6) is 5.75 Å². The highest BCUT2D eigenvalue weighted by atomic mass is 32.2. The van der Waals surface area contributed by atoms with E-state index in [0.717, 1.165) is 34.6 Å². The Balaban J connectivity index is 1.24. The number of hydrogen-bond acceptors (Lipinski definition) is 6. The molecule has 6 aromatic rings. The van der Waals surface area contributed by atoms with Gasteiger partial charge in [-0.1, -0.05) is 30.0 Å². The first-order valence-electron chi connectivity index (χ1n) is 12.8. The quantitative estimate of drug-likeness (QED) is 0.205. The maximum atomic E-state index is 13.0. The molecule has 9 heteroatoms. The molecule has 6 rings (SSSR count). The summed E-state index contributed by atoms with van der Waals surface area (Å²) in [5.41, 5.74) is 3.95. The van der Waals surface area contributed by atoms with Crippen LogP contribution in [-0.4, -0.2) is 37.6 Å². The Morgan fingerprint density at radius 3 is 2.54 bits per heavy atom. The molecule has 39 heavy (non-hydrogen) atoms. The van der Waals surface area contributed by atoms with Crippen molar-refractivity contribution in [3.8, 4) is 23.0 Å². The third kappa shape index (κ3) is 4.77. The lowest BCUT2D eigenvalue weighted by atomic mass is 10.1. The highest BCUT2D eigenvalue weighted by Crippen LogP contribution is 2.32. The smallest absolute Gasteiger partial charge is 0.234 e. The molecule has 0 aliphatic heterocycles. The number of carbonyl (C=O) groups is 1. The van der Waals surface area contributed by atoms with Crippen LogP contribution in [0.25, 0.3) is 39.1 Å². The zero-order chi connectivity index (χ0) is 26.8. The Kier molecular flexibility index (Phi) is 6.81. The molecule has 3 aromatic carbocycles. The van der Waals surface area contributed by atoms with Crippen molar-refractivity contribution < 1.29 is 13.9 Å². The van der Waals surface area contributed by atoms with Crippen LogP contribution in [0.2, 0.25) is 0 Å². The van der Waals surface area contributed by atoms with Crippen LogP contribution in [0.3, 0.4) is 0 Å².